The standard InChI is InChI=1S/C25H27NO3/c1-16-8-17(2)11-22(10-16)26-25(27)20-6-7-24(28-5)21(14-20)15-29-23-12-18(3)9-19(4)13-23/h6-14H,15H2,1-5H3,(H,26,27). The van der Waals surface area contributed by atoms with E-state index in [9.17, 15) is 4.79 Å². The van der Waals surface area contributed by atoms with E-state index < -0.39 is 0 Å². The van der Waals surface area contributed by atoms with Gasteiger partial charge >= 0.3 is 0 Å². The van der Waals surface area contributed by atoms with Crippen molar-refractivity contribution < 1.29 is 14.3 Å². The zero-order valence-corrected chi connectivity index (χ0v) is 17.6. The summed E-state index contributed by atoms with van der Waals surface area (Å²) in [5.41, 5.74) is 6.68. The molecule has 29 heavy (non-hydrogen) atoms. The van der Waals surface area contributed by atoms with Crippen LogP contribution in [0.5, 0.6) is 11.5 Å². The van der Waals surface area contributed by atoms with Gasteiger partial charge in [0.25, 0.3) is 5.91 Å². The Labute approximate surface area is 172 Å². The summed E-state index contributed by atoms with van der Waals surface area (Å²) in [6, 6.07) is 17.5. The molecule has 0 aliphatic carbocycles. The third-order valence-electron chi connectivity index (χ3n) is 4.61. The average molecular weight is 389 g/mol. The van der Waals surface area contributed by atoms with E-state index in [4.69, 9.17) is 9.47 Å². The summed E-state index contributed by atoms with van der Waals surface area (Å²) in [6.07, 6.45) is 0. The average Bonchev–Trinajstić information content (AvgIpc) is 2.64. The highest BCUT2D eigenvalue weighted by Crippen LogP contribution is 2.24. The van der Waals surface area contributed by atoms with Crippen molar-refractivity contribution in [1.29, 1.82) is 0 Å². The molecule has 0 radical (unpaired) electrons. The van der Waals surface area contributed by atoms with E-state index in [1.807, 2.05) is 58.0 Å². The molecule has 0 atom stereocenters. The van der Waals surface area contributed by atoms with Crippen LogP contribution in [0.15, 0.2) is 54.6 Å². The zero-order chi connectivity index (χ0) is 21.0. The summed E-state index contributed by atoms with van der Waals surface area (Å²) in [7, 11) is 1.62. The van der Waals surface area contributed by atoms with E-state index in [-0.39, 0.29) is 5.91 Å². The molecule has 3 rings (SSSR count). The molecule has 0 aliphatic heterocycles. The number of rotatable bonds is 6. The van der Waals surface area contributed by atoms with Gasteiger partial charge in [-0.3, -0.25) is 4.79 Å². The summed E-state index contributed by atoms with van der Waals surface area (Å²) in [4.78, 5) is 12.8. The molecule has 1 N–H and O–H groups in total. The fourth-order valence-electron chi connectivity index (χ4n) is 3.46. The number of carbonyl (C=O) groups is 1. The lowest BCUT2D eigenvalue weighted by Gasteiger charge is -2.13. The molecule has 3 aromatic carbocycles. The number of amides is 1. The first-order chi connectivity index (χ1) is 13.8. The molecule has 0 aliphatic rings. The second-order valence-electron chi connectivity index (χ2n) is 7.47. The van der Waals surface area contributed by atoms with Gasteiger partial charge in [0.1, 0.15) is 18.1 Å². The molecule has 4 heteroatoms. The molecule has 0 heterocycles. The summed E-state index contributed by atoms with van der Waals surface area (Å²) in [6.45, 7) is 8.42. The smallest absolute Gasteiger partial charge is 0.255 e. The SMILES string of the molecule is COc1ccc(C(=O)Nc2cc(C)cc(C)c2)cc1COc1cc(C)cc(C)c1. The maximum absolute atomic E-state index is 12.8. The number of hydrogen-bond acceptors (Lipinski definition) is 3. The Kier molecular flexibility index (Phi) is 6.23. The Hall–Kier alpha value is -3.27. The van der Waals surface area contributed by atoms with Crippen LogP contribution < -0.4 is 14.8 Å². The Morgan fingerprint density at radius 1 is 0.828 bits per heavy atom. The molecular formula is C25H27NO3. The van der Waals surface area contributed by atoms with Crippen molar-refractivity contribution in [1.82, 2.24) is 0 Å². The summed E-state index contributed by atoms with van der Waals surface area (Å²) in [5, 5.41) is 2.97. The van der Waals surface area contributed by atoms with Gasteiger partial charge in [-0.1, -0.05) is 12.1 Å². The summed E-state index contributed by atoms with van der Waals surface area (Å²) < 4.78 is 11.4. The zero-order valence-electron chi connectivity index (χ0n) is 17.6. The predicted octanol–water partition coefficient (Wildman–Crippen LogP) is 5.76. The van der Waals surface area contributed by atoms with Gasteiger partial charge in [0, 0.05) is 16.8 Å². The first-order valence-corrected chi connectivity index (χ1v) is 9.61. The van der Waals surface area contributed by atoms with Crippen molar-refractivity contribution in [2.75, 3.05) is 12.4 Å². The van der Waals surface area contributed by atoms with Crippen LogP contribution in [-0.4, -0.2) is 13.0 Å². The number of nitrogens with one attached hydrogen (secondary N) is 1. The monoisotopic (exact) mass is 389 g/mol. The molecule has 0 saturated heterocycles. The topological polar surface area (TPSA) is 47.6 Å². The van der Waals surface area contributed by atoms with E-state index in [1.165, 1.54) is 0 Å². The van der Waals surface area contributed by atoms with Gasteiger partial charge in [0.15, 0.2) is 0 Å². The number of anilines is 1. The third kappa shape index (κ3) is 5.38. The number of aryl methyl sites for hydroxylation is 4. The van der Waals surface area contributed by atoms with Crippen molar-refractivity contribution >= 4 is 11.6 Å². The van der Waals surface area contributed by atoms with Gasteiger partial charge in [-0.15, -0.1) is 0 Å². The number of ether oxygens (including phenoxy) is 2. The lowest BCUT2D eigenvalue weighted by atomic mass is 10.1. The van der Waals surface area contributed by atoms with Gasteiger partial charge < -0.3 is 14.8 Å². The molecule has 150 valence electrons. The number of carbonyl (C=O) groups excluding carboxylic acids is 1. The summed E-state index contributed by atoms with van der Waals surface area (Å²) >= 11 is 0. The summed E-state index contributed by atoms with van der Waals surface area (Å²) in [5.74, 6) is 1.33. The first kappa shape index (κ1) is 20.5. The second-order valence-corrected chi connectivity index (χ2v) is 7.47. The van der Waals surface area contributed by atoms with Crippen LogP contribution in [0.4, 0.5) is 5.69 Å². The Morgan fingerprint density at radius 2 is 1.41 bits per heavy atom. The quantitative estimate of drug-likeness (QED) is 0.583. The molecule has 3 aromatic rings. The molecular weight excluding hydrogens is 362 g/mol. The lowest BCUT2D eigenvalue weighted by molar-refractivity contribution is 0.102. The third-order valence-corrected chi connectivity index (χ3v) is 4.61. The molecule has 0 unspecified atom stereocenters. The van der Waals surface area contributed by atoms with Crippen molar-refractivity contribution in [3.8, 4) is 11.5 Å². The van der Waals surface area contributed by atoms with Crippen molar-refractivity contribution in [2.24, 2.45) is 0 Å². The van der Waals surface area contributed by atoms with Crippen LogP contribution in [0, 0.1) is 27.7 Å². The van der Waals surface area contributed by atoms with E-state index in [2.05, 4.69) is 17.4 Å². The van der Waals surface area contributed by atoms with Gasteiger partial charge in [-0.25, -0.2) is 0 Å². The van der Waals surface area contributed by atoms with Gasteiger partial charge in [-0.05, 0) is 92.4 Å². The normalized spacial score (nSPS) is 10.5. The van der Waals surface area contributed by atoms with Crippen molar-refractivity contribution in [3.63, 3.8) is 0 Å². The highest BCUT2D eigenvalue weighted by atomic mass is 16.5. The van der Waals surface area contributed by atoms with Crippen LogP contribution >= 0.6 is 0 Å². The predicted molar refractivity (Wildman–Crippen MR) is 117 cm³/mol. The van der Waals surface area contributed by atoms with E-state index in [0.717, 1.165) is 39.3 Å². The van der Waals surface area contributed by atoms with E-state index in [0.29, 0.717) is 17.9 Å². The van der Waals surface area contributed by atoms with Crippen LogP contribution in [0.3, 0.4) is 0 Å². The van der Waals surface area contributed by atoms with Gasteiger partial charge in [-0.2, -0.15) is 0 Å². The van der Waals surface area contributed by atoms with Crippen molar-refractivity contribution in [3.05, 3.63) is 88.0 Å². The Morgan fingerprint density at radius 3 is 2.00 bits per heavy atom. The highest BCUT2D eigenvalue weighted by molar-refractivity contribution is 6.04. The molecule has 0 fully saturated rings. The Bertz CT molecular complexity index is 1000. The number of hydrogen-bond donors (Lipinski definition) is 1. The van der Waals surface area contributed by atoms with Crippen LogP contribution in [0.2, 0.25) is 0 Å². The van der Waals surface area contributed by atoms with E-state index in [1.54, 1.807) is 19.2 Å². The maximum Gasteiger partial charge on any atom is 0.255 e. The van der Waals surface area contributed by atoms with Crippen molar-refractivity contribution in [2.45, 2.75) is 34.3 Å². The fraction of sp³-hybridized carbons (Fsp3) is 0.240. The first-order valence-electron chi connectivity index (χ1n) is 9.61. The minimum atomic E-state index is -0.162. The minimum absolute atomic E-state index is 0.162. The highest BCUT2D eigenvalue weighted by Gasteiger charge is 2.12. The van der Waals surface area contributed by atoms with E-state index >= 15 is 0 Å². The lowest BCUT2D eigenvalue weighted by Crippen LogP contribution is -2.13. The minimum Gasteiger partial charge on any atom is -0.496 e. The van der Waals surface area contributed by atoms with Crippen LogP contribution in [0.1, 0.15) is 38.2 Å². The molecule has 4 nitrogen and oxygen atoms in total. The van der Waals surface area contributed by atoms with Gasteiger partial charge in [0.05, 0.1) is 7.11 Å². The molecule has 0 saturated carbocycles. The largest absolute Gasteiger partial charge is 0.496 e. The fourth-order valence-corrected chi connectivity index (χ4v) is 3.46. The van der Waals surface area contributed by atoms with Crippen LogP contribution in [0.25, 0.3) is 0 Å². The molecule has 0 aromatic heterocycles. The second kappa shape index (κ2) is 8.82. The molecule has 1 amide bonds. The Balaban J connectivity index is 1.79. The maximum atomic E-state index is 12.8. The van der Waals surface area contributed by atoms with Gasteiger partial charge in [0.2, 0.25) is 0 Å². The number of methoxy groups -OCH3 is 1. The molecule has 0 spiro atoms. The van der Waals surface area contributed by atoms with Crippen LogP contribution in [-0.2, 0) is 6.61 Å². The molecule has 0 bridgehead atoms. The number of benzene rings is 3.